The van der Waals surface area contributed by atoms with Crippen LogP contribution in [0.3, 0.4) is 0 Å². The molecule has 1 N–H and O–H groups in total. The van der Waals surface area contributed by atoms with Crippen LogP contribution in [0.5, 0.6) is 0 Å². The minimum atomic E-state index is -3.45. The van der Waals surface area contributed by atoms with Crippen molar-refractivity contribution in [2.24, 2.45) is 0 Å². The van der Waals surface area contributed by atoms with E-state index in [1.54, 1.807) is 31.2 Å². The van der Waals surface area contributed by atoms with E-state index in [-0.39, 0.29) is 28.0 Å². The van der Waals surface area contributed by atoms with Crippen molar-refractivity contribution in [3.8, 4) is 0 Å². The Morgan fingerprint density at radius 2 is 1.57 bits per heavy atom. The van der Waals surface area contributed by atoms with Gasteiger partial charge in [-0.2, -0.15) is 5.10 Å². The molecule has 35 heavy (non-hydrogen) atoms. The number of aliphatic hydroxyl groups is 1. The molecule has 0 spiro atoms. The number of Topliss-reactive ketones (excluding diaryl/α,β-unsaturated/α-hetero) is 1. The molecule has 1 aromatic heterocycles. The van der Waals surface area contributed by atoms with E-state index in [9.17, 15) is 23.1 Å². The molecule has 1 atom stereocenters. The third kappa shape index (κ3) is 4.59. The molecule has 180 valence electrons. The van der Waals surface area contributed by atoms with Gasteiger partial charge >= 0.3 is 5.91 Å². The van der Waals surface area contributed by atoms with Crippen molar-refractivity contribution in [3.05, 3.63) is 88.6 Å². The van der Waals surface area contributed by atoms with Crippen LogP contribution in [0, 0.1) is 6.92 Å². The summed E-state index contributed by atoms with van der Waals surface area (Å²) in [5, 5.41) is 19.3. The van der Waals surface area contributed by atoms with E-state index < -0.39 is 27.6 Å². The smallest absolute Gasteiger partial charge is 0.301 e. The van der Waals surface area contributed by atoms with Crippen molar-refractivity contribution in [2.45, 2.75) is 37.6 Å². The van der Waals surface area contributed by atoms with Gasteiger partial charge < -0.3 is 5.11 Å². The molecule has 9 heteroatoms. The summed E-state index contributed by atoms with van der Waals surface area (Å²) < 4.78 is 23.9. The Kier molecular flexibility index (Phi) is 6.29. The summed E-state index contributed by atoms with van der Waals surface area (Å²) in [5.74, 6) is -1.62. The largest absolute Gasteiger partial charge is 0.507 e. The zero-order chi connectivity index (χ0) is 25.5. The van der Waals surface area contributed by atoms with E-state index in [1.807, 2.05) is 26.0 Å². The lowest BCUT2D eigenvalue weighted by Crippen LogP contribution is -2.30. The van der Waals surface area contributed by atoms with Crippen LogP contribution >= 0.6 is 0 Å². The first-order valence-electron chi connectivity index (χ1n) is 11.0. The van der Waals surface area contributed by atoms with Gasteiger partial charge in [-0.1, -0.05) is 50.2 Å². The maximum atomic E-state index is 13.2. The molecule has 4 rings (SSSR count). The predicted octanol–water partition coefficient (Wildman–Crippen LogP) is 3.94. The molecule has 1 aliphatic heterocycles. The Hall–Kier alpha value is -3.85. The van der Waals surface area contributed by atoms with Gasteiger partial charge in [-0.05, 0) is 48.2 Å². The summed E-state index contributed by atoms with van der Waals surface area (Å²) in [5.41, 5.74) is 2.41. The summed E-state index contributed by atoms with van der Waals surface area (Å²) in [6.45, 7) is 5.83. The number of amides is 1. The zero-order valence-corrected chi connectivity index (χ0v) is 20.6. The molecule has 3 aromatic rings. The molecule has 1 amide bonds. The quantitative estimate of drug-likeness (QED) is 0.326. The number of aromatic nitrogens is 2. The molecule has 1 aliphatic rings. The minimum absolute atomic E-state index is 0.0950. The number of nitrogens with zero attached hydrogens (tertiary/aromatic N) is 3. The number of aryl methyl sites for hydroxylation is 1. The summed E-state index contributed by atoms with van der Waals surface area (Å²) in [6.07, 6.45) is 1.09. The normalized spacial score (nSPS) is 17.9. The number of sulfone groups is 1. The molecule has 0 radical (unpaired) electrons. The van der Waals surface area contributed by atoms with Crippen LogP contribution in [0.15, 0.2) is 71.1 Å². The van der Waals surface area contributed by atoms with Gasteiger partial charge in [0.05, 0.1) is 22.2 Å². The first-order chi connectivity index (χ1) is 16.5. The second-order valence-electron chi connectivity index (χ2n) is 8.82. The van der Waals surface area contributed by atoms with Crippen molar-refractivity contribution < 1.29 is 23.1 Å². The van der Waals surface area contributed by atoms with Gasteiger partial charge in [0.2, 0.25) is 0 Å². The maximum Gasteiger partial charge on any atom is 0.301 e. The Morgan fingerprint density at radius 1 is 0.943 bits per heavy atom. The van der Waals surface area contributed by atoms with Gasteiger partial charge in [-0.3, -0.25) is 14.5 Å². The maximum absolute atomic E-state index is 13.2. The van der Waals surface area contributed by atoms with E-state index in [1.165, 1.54) is 29.2 Å². The first kappa shape index (κ1) is 24.3. The number of benzene rings is 2. The molecule has 2 heterocycles. The molecular weight excluding hydrogens is 466 g/mol. The Bertz CT molecular complexity index is 1430. The van der Waals surface area contributed by atoms with Crippen molar-refractivity contribution in [3.63, 3.8) is 0 Å². The lowest BCUT2D eigenvalue weighted by molar-refractivity contribution is -0.132. The molecule has 1 saturated heterocycles. The fraction of sp³-hybridized carbons (Fsp3) is 0.231. The number of hydrogen-bond acceptors (Lipinski definition) is 7. The fourth-order valence-corrected chi connectivity index (χ4v) is 4.61. The summed E-state index contributed by atoms with van der Waals surface area (Å²) in [6, 6.07) is 15.2. The van der Waals surface area contributed by atoms with Crippen molar-refractivity contribution in [1.29, 1.82) is 0 Å². The second kappa shape index (κ2) is 9.07. The van der Waals surface area contributed by atoms with Crippen molar-refractivity contribution in [1.82, 2.24) is 10.2 Å². The Balaban J connectivity index is 1.91. The molecule has 2 aromatic carbocycles. The molecular formula is C26H25N3O5S. The van der Waals surface area contributed by atoms with Crippen LogP contribution in [0.4, 0.5) is 5.82 Å². The standard InChI is InChI=1S/C26H25N3O5S/c1-15(2)17-6-8-19(9-7-17)24(30)22-23(18-10-12-20(13-11-18)35(4,33)34)29(26(32)25(22)31)21-14-5-16(3)27-28-21/h5-15,23,30H,1-4H3. The average molecular weight is 492 g/mol. The minimum Gasteiger partial charge on any atom is -0.507 e. The lowest BCUT2D eigenvalue weighted by atomic mass is 9.94. The highest BCUT2D eigenvalue weighted by Gasteiger charge is 2.47. The van der Waals surface area contributed by atoms with Crippen LogP contribution in [-0.4, -0.2) is 41.7 Å². The average Bonchev–Trinajstić information content (AvgIpc) is 3.09. The summed E-state index contributed by atoms with van der Waals surface area (Å²) in [4.78, 5) is 27.6. The van der Waals surface area contributed by atoms with Gasteiger partial charge in [-0.15, -0.1) is 5.10 Å². The number of aliphatic hydroxyl groups excluding tert-OH is 1. The number of hydrogen-bond donors (Lipinski definition) is 1. The Labute approximate surface area is 203 Å². The van der Waals surface area contributed by atoms with Crippen LogP contribution in [0.1, 0.15) is 48.2 Å². The summed E-state index contributed by atoms with van der Waals surface area (Å²) >= 11 is 0. The van der Waals surface area contributed by atoms with Gasteiger partial charge in [0, 0.05) is 11.8 Å². The molecule has 8 nitrogen and oxygen atoms in total. The van der Waals surface area contributed by atoms with Gasteiger partial charge in [-0.25, -0.2) is 8.42 Å². The van der Waals surface area contributed by atoms with Crippen LogP contribution < -0.4 is 4.90 Å². The molecule has 1 unspecified atom stereocenters. The third-order valence-corrected chi connectivity index (χ3v) is 7.08. The number of rotatable bonds is 5. The van der Waals surface area contributed by atoms with E-state index in [2.05, 4.69) is 10.2 Å². The highest BCUT2D eigenvalue weighted by molar-refractivity contribution is 7.90. The predicted molar refractivity (Wildman–Crippen MR) is 132 cm³/mol. The number of ketones is 1. The number of carbonyl (C=O) groups excluding carboxylic acids is 2. The van der Waals surface area contributed by atoms with E-state index in [0.717, 1.165) is 11.8 Å². The fourth-order valence-electron chi connectivity index (χ4n) is 3.98. The van der Waals surface area contributed by atoms with Crippen molar-refractivity contribution in [2.75, 3.05) is 11.2 Å². The van der Waals surface area contributed by atoms with Crippen LogP contribution in [0.25, 0.3) is 5.76 Å². The molecule has 0 bridgehead atoms. The molecule has 0 saturated carbocycles. The van der Waals surface area contributed by atoms with E-state index >= 15 is 0 Å². The van der Waals surface area contributed by atoms with Gasteiger partial charge in [0.25, 0.3) is 5.78 Å². The third-order valence-electron chi connectivity index (χ3n) is 5.95. The SMILES string of the molecule is Cc1ccc(N2C(=O)C(=O)C(=C(O)c3ccc(C(C)C)cc3)C2c2ccc(S(C)(=O)=O)cc2)nn1. The molecule has 1 fully saturated rings. The lowest BCUT2D eigenvalue weighted by Gasteiger charge is -2.24. The van der Waals surface area contributed by atoms with E-state index in [4.69, 9.17) is 0 Å². The van der Waals surface area contributed by atoms with Crippen LogP contribution in [0.2, 0.25) is 0 Å². The first-order valence-corrected chi connectivity index (χ1v) is 12.9. The van der Waals surface area contributed by atoms with E-state index in [0.29, 0.717) is 16.8 Å². The highest BCUT2D eigenvalue weighted by atomic mass is 32.2. The zero-order valence-electron chi connectivity index (χ0n) is 19.8. The van der Waals surface area contributed by atoms with Crippen molar-refractivity contribution >= 4 is 33.1 Å². The van der Waals surface area contributed by atoms with Gasteiger partial charge in [0.1, 0.15) is 5.76 Å². The Morgan fingerprint density at radius 3 is 2.09 bits per heavy atom. The second-order valence-corrected chi connectivity index (χ2v) is 10.8. The number of anilines is 1. The monoisotopic (exact) mass is 491 g/mol. The van der Waals surface area contributed by atoms with Crippen LogP contribution in [-0.2, 0) is 19.4 Å². The molecule has 0 aliphatic carbocycles. The summed E-state index contributed by atoms with van der Waals surface area (Å²) in [7, 11) is -3.45. The highest BCUT2D eigenvalue weighted by Crippen LogP contribution is 2.41. The number of carbonyl (C=O) groups is 2. The topological polar surface area (TPSA) is 118 Å². The van der Waals surface area contributed by atoms with Gasteiger partial charge in [0.15, 0.2) is 15.7 Å².